The van der Waals surface area contributed by atoms with Gasteiger partial charge in [0, 0.05) is 22.5 Å². The Hall–Kier alpha value is -2.63. The van der Waals surface area contributed by atoms with E-state index in [1.165, 1.54) is 18.1 Å². The summed E-state index contributed by atoms with van der Waals surface area (Å²) in [4.78, 5) is 16.8. The van der Waals surface area contributed by atoms with Crippen LogP contribution in [0.15, 0.2) is 30.6 Å². The Bertz CT molecular complexity index is 1260. The number of carbonyl (C=O) groups is 1. The zero-order chi connectivity index (χ0) is 21.6. The minimum atomic E-state index is -4.61. The zero-order valence-corrected chi connectivity index (χ0v) is 17.4. The maximum atomic E-state index is 13.1. The molecule has 0 unspecified atom stereocenters. The normalized spacial score (nSPS) is 11.9. The molecule has 1 amide bonds. The van der Waals surface area contributed by atoms with Crippen molar-refractivity contribution in [3.05, 3.63) is 56.8 Å². The molecule has 0 atom stereocenters. The van der Waals surface area contributed by atoms with Crippen molar-refractivity contribution in [3.63, 3.8) is 0 Å². The van der Waals surface area contributed by atoms with Crippen LogP contribution in [0.1, 0.15) is 20.9 Å². The van der Waals surface area contributed by atoms with E-state index in [1.807, 2.05) is 0 Å². The minimum absolute atomic E-state index is 0.0108. The first-order valence-electron chi connectivity index (χ1n) is 8.30. The van der Waals surface area contributed by atoms with Gasteiger partial charge in [-0.05, 0) is 23.8 Å². The highest BCUT2D eigenvalue weighted by Crippen LogP contribution is 2.37. The molecule has 0 aliphatic carbocycles. The van der Waals surface area contributed by atoms with Gasteiger partial charge in [0.25, 0.3) is 5.91 Å². The van der Waals surface area contributed by atoms with E-state index in [4.69, 9.17) is 23.2 Å². The highest BCUT2D eigenvalue weighted by atomic mass is 35.5. The van der Waals surface area contributed by atoms with Gasteiger partial charge in [0.1, 0.15) is 11.2 Å². The van der Waals surface area contributed by atoms with Gasteiger partial charge in [-0.2, -0.15) is 18.3 Å². The van der Waals surface area contributed by atoms with Crippen molar-refractivity contribution in [1.82, 2.24) is 24.5 Å². The third-order valence-electron chi connectivity index (χ3n) is 4.11. The van der Waals surface area contributed by atoms with Crippen LogP contribution in [0, 0.1) is 0 Å². The molecule has 30 heavy (non-hydrogen) atoms. The zero-order valence-electron chi connectivity index (χ0n) is 15.0. The number of alkyl halides is 3. The second-order valence-electron chi connectivity index (χ2n) is 6.26. The van der Waals surface area contributed by atoms with Crippen LogP contribution in [0.2, 0.25) is 10.0 Å². The summed E-state index contributed by atoms with van der Waals surface area (Å²) in [7, 11) is 1.39. The number of hydrogen-bond acceptors (Lipinski definition) is 5. The van der Waals surface area contributed by atoms with Crippen molar-refractivity contribution in [3.8, 4) is 0 Å². The number of fused-ring (bicyclic) bond motifs is 1. The van der Waals surface area contributed by atoms with Gasteiger partial charge < -0.3 is 0 Å². The number of benzene rings is 1. The molecular weight excluding hydrogens is 464 g/mol. The first kappa shape index (κ1) is 20.6. The molecule has 4 rings (SSSR count). The molecule has 7 nitrogen and oxygen atoms in total. The fraction of sp³-hybridized carbons (Fsp3) is 0.176. The summed E-state index contributed by atoms with van der Waals surface area (Å²) in [5.74, 6) is -0.608. The molecule has 0 aliphatic heterocycles. The van der Waals surface area contributed by atoms with Crippen LogP contribution < -0.4 is 5.32 Å². The Morgan fingerprint density at radius 3 is 2.70 bits per heavy atom. The molecule has 0 fully saturated rings. The number of aryl methyl sites for hydroxylation is 1. The lowest BCUT2D eigenvalue weighted by Crippen LogP contribution is -2.12. The number of nitrogens with zero attached hydrogens (tertiary/aromatic N) is 5. The van der Waals surface area contributed by atoms with E-state index < -0.39 is 17.8 Å². The average Bonchev–Trinajstić information content (AvgIpc) is 3.34. The first-order valence-corrected chi connectivity index (χ1v) is 9.87. The summed E-state index contributed by atoms with van der Waals surface area (Å²) in [6, 6.07) is 6.20. The Kier molecular flexibility index (Phi) is 5.20. The molecule has 13 heteroatoms. The summed E-state index contributed by atoms with van der Waals surface area (Å²) in [5, 5.41) is 10.9. The fourth-order valence-electron chi connectivity index (χ4n) is 2.78. The van der Waals surface area contributed by atoms with Crippen LogP contribution in [-0.2, 0) is 19.8 Å². The predicted octanol–water partition coefficient (Wildman–Crippen LogP) is 4.85. The van der Waals surface area contributed by atoms with E-state index in [2.05, 4.69) is 20.5 Å². The number of nitrogens with one attached hydrogen (secondary N) is 1. The van der Waals surface area contributed by atoms with Crippen molar-refractivity contribution in [2.75, 3.05) is 5.32 Å². The van der Waals surface area contributed by atoms with E-state index in [1.54, 1.807) is 18.2 Å². The Labute approximate surface area is 181 Å². The summed E-state index contributed by atoms with van der Waals surface area (Å²) in [6.45, 7) is 0.294. The lowest BCUT2D eigenvalue weighted by Gasteiger charge is -2.04. The lowest BCUT2D eigenvalue weighted by molar-refractivity contribution is -0.140. The fourth-order valence-corrected chi connectivity index (χ4v) is 4.21. The molecule has 4 aromatic rings. The second-order valence-corrected chi connectivity index (χ2v) is 8.13. The Balaban J connectivity index is 1.52. The smallest absolute Gasteiger partial charge is 0.288 e. The molecule has 1 N–H and O–H groups in total. The lowest BCUT2D eigenvalue weighted by atomic mass is 10.2. The minimum Gasteiger partial charge on any atom is -0.288 e. The highest BCUT2D eigenvalue weighted by Gasteiger charge is 2.37. The Morgan fingerprint density at radius 1 is 1.23 bits per heavy atom. The molecule has 1 aromatic carbocycles. The van der Waals surface area contributed by atoms with Gasteiger partial charge in [0.05, 0.1) is 11.4 Å². The van der Waals surface area contributed by atoms with Crippen LogP contribution in [-0.4, -0.2) is 30.5 Å². The van der Waals surface area contributed by atoms with Crippen LogP contribution in [0.25, 0.3) is 10.2 Å². The van der Waals surface area contributed by atoms with Crippen LogP contribution in [0.5, 0.6) is 0 Å². The maximum Gasteiger partial charge on any atom is 0.435 e. The van der Waals surface area contributed by atoms with Crippen molar-refractivity contribution in [2.24, 2.45) is 7.05 Å². The third-order valence-corrected chi connectivity index (χ3v) is 5.90. The summed E-state index contributed by atoms with van der Waals surface area (Å²) < 4.78 is 41.9. The highest BCUT2D eigenvalue weighted by molar-refractivity contribution is 7.20. The van der Waals surface area contributed by atoms with Gasteiger partial charge in [-0.15, -0.1) is 16.4 Å². The van der Waals surface area contributed by atoms with E-state index in [0.29, 0.717) is 16.6 Å². The molecule has 0 radical (unpaired) electrons. The molecule has 0 spiro atoms. The third kappa shape index (κ3) is 4.00. The number of rotatable bonds is 4. The molecular formula is C17H11Cl2F3N6OS. The second kappa shape index (κ2) is 7.56. The van der Waals surface area contributed by atoms with Crippen molar-refractivity contribution < 1.29 is 18.0 Å². The van der Waals surface area contributed by atoms with E-state index >= 15 is 0 Å². The molecule has 156 valence electrons. The van der Waals surface area contributed by atoms with E-state index in [9.17, 15) is 18.0 Å². The molecule has 0 saturated carbocycles. The monoisotopic (exact) mass is 474 g/mol. The van der Waals surface area contributed by atoms with Gasteiger partial charge in [0.15, 0.2) is 5.69 Å². The number of halogens is 5. The first-order chi connectivity index (χ1) is 14.1. The number of hydrogen-bond donors (Lipinski definition) is 1. The van der Waals surface area contributed by atoms with Crippen LogP contribution >= 0.6 is 34.5 Å². The standard InChI is InChI=1S/C17H11Cl2F3N6OS/c1-27-15-10(13(25-27)17(20,21)22)5-12(30-15)14(29)24-16-23-7-28(26-16)6-8-2-3-9(18)4-11(8)19/h2-5,7H,6H2,1H3,(H,24,26,29). The van der Waals surface area contributed by atoms with Gasteiger partial charge in [-0.3, -0.25) is 14.8 Å². The largest absolute Gasteiger partial charge is 0.435 e. The van der Waals surface area contributed by atoms with Crippen molar-refractivity contribution >= 4 is 56.6 Å². The van der Waals surface area contributed by atoms with Gasteiger partial charge in [-0.25, -0.2) is 9.67 Å². The summed E-state index contributed by atoms with van der Waals surface area (Å²) in [6.07, 6.45) is -3.21. The van der Waals surface area contributed by atoms with Crippen LogP contribution in [0.3, 0.4) is 0 Å². The number of amides is 1. The Morgan fingerprint density at radius 2 is 2.00 bits per heavy atom. The SMILES string of the molecule is Cn1nc(C(F)(F)F)c2cc(C(=O)Nc3ncn(Cc4ccc(Cl)cc4Cl)n3)sc21. The molecule has 3 aromatic heterocycles. The van der Waals surface area contributed by atoms with Crippen molar-refractivity contribution in [1.29, 1.82) is 0 Å². The molecule has 0 bridgehead atoms. The number of carbonyl (C=O) groups excluding carboxylic acids is 1. The summed E-state index contributed by atoms with van der Waals surface area (Å²) >= 11 is 12.9. The predicted molar refractivity (Wildman–Crippen MR) is 107 cm³/mol. The van der Waals surface area contributed by atoms with Gasteiger partial charge >= 0.3 is 6.18 Å². The van der Waals surface area contributed by atoms with Crippen molar-refractivity contribution in [2.45, 2.75) is 12.7 Å². The topological polar surface area (TPSA) is 77.6 Å². The average molecular weight is 475 g/mol. The molecule has 0 aliphatic rings. The van der Waals surface area contributed by atoms with E-state index in [0.717, 1.165) is 27.6 Å². The van der Waals surface area contributed by atoms with Gasteiger partial charge in [0.2, 0.25) is 5.95 Å². The summed E-state index contributed by atoms with van der Waals surface area (Å²) in [5.41, 5.74) is -0.280. The van der Waals surface area contributed by atoms with E-state index in [-0.39, 0.29) is 21.0 Å². The number of aromatic nitrogens is 5. The van der Waals surface area contributed by atoms with Crippen LogP contribution in [0.4, 0.5) is 19.1 Å². The molecule has 0 saturated heterocycles. The molecule has 3 heterocycles. The quantitative estimate of drug-likeness (QED) is 0.458. The number of anilines is 1. The number of thiophene rings is 1. The maximum absolute atomic E-state index is 13.1. The van der Waals surface area contributed by atoms with Gasteiger partial charge in [-0.1, -0.05) is 29.3 Å².